The number of hydrogen-bond acceptors (Lipinski definition) is 4. The van der Waals surface area contributed by atoms with Crippen molar-refractivity contribution in [3.8, 4) is 0 Å². The van der Waals surface area contributed by atoms with Crippen molar-refractivity contribution in [3.05, 3.63) is 60.2 Å². The molecule has 0 radical (unpaired) electrons. The first-order valence-electron chi connectivity index (χ1n) is 6.82. The highest BCUT2D eigenvalue weighted by Crippen LogP contribution is 2.27. The summed E-state index contributed by atoms with van der Waals surface area (Å²) in [5.41, 5.74) is 4.35. The summed E-state index contributed by atoms with van der Waals surface area (Å²) in [4.78, 5) is 8.37. The van der Waals surface area contributed by atoms with Gasteiger partial charge in [0.05, 0.1) is 5.71 Å². The van der Waals surface area contributed by atoms with Gasteiger partial charge in [-0.1, -0.05) is 19.1 Å². The Balaban J connectivity index is 1.95. The van der Waals surface area contributed by atoms with Crippen molar-refractivity contribution in [2.45, 2.75) is 25.7 Å². The summed E-state index contributed by atoms with van der Waals surface area (Å²) in [6, 6.07) is 8.03. The van der Waals surface area contributed by atoms with Crippen LogP contribution < -0.4 is 0 Å². The molecule has 1 aliphatic rings. The molecule has 1 atom stereocenters. The van der Waals surface area contributed by atoms with Crippen molar-refractivity contribution in [2.24, 2.45) is 10.2 Å². The van der Waals surface area contributed by atoms with Crippen LogP contribution in [0.25, 0.3) is 0 Å². The number of hydrogen-bond donors (Lipinski definition) is 0. The van der Waals surface area contributed by atoms with Crippen LogP contribution in [0.5, 0.6) is 0 Å². The van der Waals surface area contributed by atoms with Crippen LogP contribution in [-0.2, 0) is 0 Å². The monoisotopic (exact) mass is 264 g/mol. The standard InChI is InChI=1S/C16H16N4/c1-2-15-14(12-5-3-7-17-10-12)9-16(20-19-15)13-6-4-8-18-11-13/h3-8,10-11,14H,2,9H2,1H3. The van der Waals surface area contributed by atoms with Gasteiger partial charge in [0.2, 0.25) is 0 Å². The van der Waals surface area contributed by atoms with Crippen LogP contribution in [-0.4, -0.2) is 21.4 Å². The van der Waals surface area contributed by atoms with Gasteiger partial charge >= 0.3 is 0 Å². The molecule has 0 saturated carbocycles. The highest BCUT2D eigenvalue weighted by molar-refractivity contribution is 6.06. The molecular formula is C16H16N4. The number of pyridine rings is 2. The molecule has 3 rings (SSSR count). The van der Waals surface area contributed by atoms with Gasteiger partial charge in [-0.05, 0) is 24.1 Å². The van der Waals surface area contributed by atoms with E-state index < -0.39 is 0 Å². The maximum absolute atomic E-state index is 4.41. The summed E-state index contributed by atoms with van der Waals surface area (Å²) < 4.78 is 0. The Morgan fingerprint density at radius 1 is 1.05 bits per heavy atom. The van der Waals surface area contributed by atoms with Crippen molar-refractivity contribution >= 4 is 11.4 Å². The first kappa shape index (κ1) is 12.7. The molecule has 0 bridgehead atoms. The van der Waals surface area contributed by atoms with Crippen LogP contribution in [0.3, 0.4) is 0 Å². The fourth-order valence-electron chi connectivity index (χ4n) is 2.46. The van der Waals surface area contributed by atoms with Gasteiger partial charge in [-0.25, -0.2) is 0 Å². The van der Waals surface area contributed by atoms with Crippen LogP contribution in [0.1, 0.15) is 36.8 Å². The molecule has 0 aliphatic carbocycles. The topological polar surface area (TPSA) is 50.5 Å². The smallest absolute Gasteiger partial charge is 0.0728 e. The third-order valence-electron chi connectivity index (χ3n) is 3.54. The summed E-state index contributed by atoms with van der Waals surface area (Å²) in [6.07, 6.45) is 9.08. The Kier molecular flexibility index (Phi) is 3.63. The Morgan fingerprint density at radius 2 is 1.85 bits per heavy atom. The molecule has 0 aromatic carbocycles. The van der Waals surface area contributed by atoms with Crippen LogP contribution in [0, 0.1) is 0 Å². The van der Waals surface area contributed by atoms with Gasteiger partial charge in [0.15, 0.2) is 0 Å². The van der Waals surface area contributed by atoms with Crippen LogP contribution >= 0.6 is 0 Å². The zero-order valence-corrected chi connectivity index (χ0v) is 11.4. The quantitative estimate of drug-likeness (QED) is 0.854. The predicted octanol–water partition coefficient (Wildman–Crippen LogP) is 3.22. The number of nitrogens with zero attached hydrogens (tertiary/aromatic N) is 4. The summed E-state index contributed by atoms with van der Waals surface area (Å²) >= 11 is 0. The van der Waals surface area contributed by atoms with Gasteiger partial charge in [-0.15, -0.1) is 0 Å². The SMILES string of the molecule is CCC1=NN=C(c2cccnc2)CC1c1cccnc1. The van der Waals surface area contributed by atoms with Gasteiger partial charge in [0, 0.05) is 48.4 Å². The van der Waals surface area contributed by atoms with E-state index in [0.29, 0.717) is 0 Å². The van der Waals surface area contributed by atoms with E-state index in [1.54, 1.807) is 12.4 Å². The summed E-state index contributed by atoms with van der Waals surface area (Å²) in [5.74, 6) is 0.265. The summed E-state index contributed by atoms with van der Waals surface area (Å²) in [7, 11) is 0. The molecule has 1 unspecified atom stereocenters. The molecule has 20 heavy (non-hydrogen) atoms. The normalized spacial score (nSPS) is 18.4. The molecular weight excluding hydrogens is 248 g/mol. The Labute approximate surface area is 118 Å². The number of rotatable bonds is 3. The van der Waals surface area contributed by atoms with Crippen molar-refractivity contribution < 1.29 is 0 Å². The third kappa shape index (κ3) is 2.50. The summed E-state index contributed by atoms with van der Waals surface area (Å²) in [5, 5.41) is 8.78. The molecule has 0 amide bonds. The molecule has 3 heterocycles. The van der Waals surface area contributed by atoms with E-state index in [2.05, 4.69) is 33.2 Å². The molecule has 100 valence electrons. The Hall–Kier alpha value is -2.36. The molecule has 0 fully saturated rings. The zero-order valence-electron chi connectivity index (χ0n) is 11.4. The molecule has 0 N–H and O–H groups in total. The fourth-order valence-corrected chi connectivity index (χ4v) is 2.46. The van der Waals surface area contributed by atoms with E-state index in [9.17, 15) is 0 Å². The third-order valence-corrected chi connectivity index (χ3v) is 3.54. The highest BCUT2D eigenvalue weighted by Gasteiger charge is 2.24. The highest BCUT2D eigenvalue weighted by atomic mass is 15.2. The zero-order chi connectivity index (χ0) is 13.8. The van der Waals surface area contributed by atoms with E-state index in [1.807, 2.05) is 30.6 Å². The molecule has 0 spiro atoms. The van der Waals surface area contributed by atoms with Crippen molar-refractivity contribution in [3.63, 3.8) is 0 Å². The van der Waals surface area contributed by atoms with E-state index in [4.69, 9.17) is 0 Å². The molecule has 4 nitrogen and oxygen atoms in total. The van der Waals surface area contributed by atoms with Gasteiger partial charge < -0.3 is 0 Å². The lowest BCUT2D eigenvalue weighted by Gasteiger charge is -2.22. The largest absolute Gasteiger partial charge is 0.264 e. The van der Waals surface area contributed by atoms with E-state index in [0.717, 1.165) is 29.8 Å². The van der Waals surface area contributed by atoms with Crippen molar-refractivity contribution in [2.75, 3.05) is 0 Å². The lowest BCUT2D eigenvalue weighted by Crippen LogP contribution is -2.20. The van der Waals surface area contributed by atoms with Gasteiger partial charge in [-0.3, -0.25) is 9.97 Å². The van der Waals surface area contributed by atoms with Crippen LogP contribution in [0.15, 0.2) is 59.3 Å². The van der Waals surface area contributed by atoms with Crippen LogP contribution in [0.4, 0.5) is 0 Å². The minimum absolute atomic E-state index is 0.265. The Bertz CT molecular complexity index is 632. The average Bonchev–Trinajstić information content (AvgIpc) is 2.56. The Morgan fingerprint density at radius 3 is 2.50 bits per heavy atom. The van der Waals surface area contributed by atoms with Crippen LogP contribution in [0.2, 0.25) is 0 Å². The second-order valence-corrected chi connectivity index (χ2v) is 4.78. The van der Waals surface area contributed by atoms with E-state index in [-0.39, 0.29) is 5.92 Å². The maximum atomic E-state index is 4.41. The fraction of sp³-hybridized carbons (Fsp3) is 0.250. The number of aromatic nitrogens is 2. The van der Waals surface area contributed by atoms with Gasteiger partial charge in [0.25, 0.3) is 0 Å². The average molecular weight is 264 g/mol. The van der Waals surface area contributed by atoms with Crippen molar-refractivity contribution in [1.82, 2.24) is 9.97 Å². The molecule has 1 aliphatic heterocycles. The van der Waals surface area contributed by atoms with Crippen molar-refractivity contribution in [1.29, 1.82) is 0 Å². The predicted molar refractivity (Wildman–Crippen MR) is 80.1 cm³/mol. The lowest BCUT2D eigenvalue weighted by atomic mass is 9.86. The lowest BCUT2D eigenvalue weighted by molar-refractivity contribution is 0.861. The minimum atomic E-state index is 0.265. The second kappa shape index (κ2) is 5.74. The second-order valence-electron chi connectivity index (χ2n) is 4.78. The van der Waals surface area contributed by atoms with Gasteiger partial charge in [0.1, 0.15) is 0 Å². The molecule has 4 heteroatoms. The van der Waals surface area contributed by atoms with Gasteiger partial charge in [-0.2, -0.15) is 10.2 Å². The molecule has 2 aromatic rings. The van der Waals surface area contributed by atoms with E-state index >= 15 is 0 Å². The summed E-state index contributed by atoms with van der Waals surface area (Å²) in [6.45, 7) is 2.12. The maximum Gasteiger partial charge on any atom is 0.0728 e. The minimum Gasteiger partial charge on any atom is -0.264 e. The first-order chi connectivity index (χ1) is 9.88. The molecule has 0 saturated heterocycles. The first-order valence-corrected chi connectivity index (χ1v) is 6.82. The molecule has 2 aromatic heterocycles. The van der Waals surface area contributed by atoms with E-state index in [1.165, 1.54) is 5.56 Å².